The van der Waals surface area contributed by atoms with Gasteiger partial charge in [0.1, 0.15) is 5.70 Å². The minimum absolute atomic E-state index is 0.111. The van der Waals surface area contributed by atoms with Crippen LogP contribution in [0.1, 0.15) is 32.6 Å². The van der Waals surface area contributed by atoms with Gasteiger partial charge in [0.05, 0.1) is 5.75 Å². The van der Waals surface area contributed by atoms with E-state index >= 15 is 0 Å². The number of carbonyl (C=O) groups excluding carboxylic acids is 3. The van der Waals surface area contributed by atoms with Crippen LogP contribution in [0.5, 0.6) is 0 Å². The van der Waals surface area contributed by atoms with Gasteiger partial charge in [0.25, 0.3) is 11.8 Å². The molecule has 0 aliphatic heterocycles. The van der Waals surface area contributed by atoms with E-state index < -0.39 is 5.91 Å². The maximum atomic E-state index is 13.3. The van der Waals surface area contributed by atoms with Crippen molar-refractivity contribution in [3.63, 3.8) is 0 Å². The van der Waals surface area contributed by atoms with Crippen LogP contribution < -0.4 is 16.0 Å². The highest BCUT2D eigenvalue weighted by Crippen LogP contribution is 2.24. The zero-order chi connectivity index (χ0) is 28.5. The summed E-state index contributed by atoms with van der Waals surface area (Å²) in [5, 5.41) is 8.60. The number of nitrogens with one attached hydrogen (secondary N) is 3. The van der Waals surface area contributed by atoms with Crippen molar-refractivity contribution < 1.29 is 14.4 Å². The molecule has 0 aliphatic rings. The van der Waals surface area contributed by atoms with E-state index in [0.29, 0.717) is 11.3 Å². The Balaban J connectivity index is 1.45. The van der Waals surface area contributed by atoms with E-state index in [4.69, 9.17) is 0 Å². The lowest BCUT2D eigenvalue weighted by atomic mass is 10.1. The molecule has 202 valence electrons. The molecular weight excluding hydrogens is 518 g/mol. The average molecular weight is 550 g/mol. The lowest BCUT2D eigenvalue weighted by Crippen LogP contribution is -2.30. The summed E-state index contributed by atoms with van der Waals surface area (Å²) in [5.74, 6) is -0.731. The molecule has 3 N–H and O–H groups in total. The van der Waals surface area contributed by atoms with Gasteiger partial charge in [-0.05, 0) is 79.9 Å². The molecule has 0 unspecified atom stereocenters. The summed E-state index contributed by atoms with van der Waals surface area (Å²) in [6.45, 7) is 5.95. The molecule has 0 atom stereocenters. The van der Waals surface area contributed by atoms with Gasteiger partial charge in [-0.3, -0.25) is 14.4 Å². The first-order valence-corrected chi connectivity index (χ1v) is 13.8. The van der Waals surface area contributed by atoms with E-state index in [2.05, 4.69) is 16.0 Å². The zero-order valence-corrected chi connectivity index (χ0v) is 23.5. The normalized spacial score (nSPS) is 11.0. The van der Waals surface area contributed by atoms with Gasteiger partial charge < -0.3 is 16.0 Å². The average Bonchev–Trinajstić information content (AvgIpc) is 2.95. The van der Waals surface area contributed by atoms with E-state index in [1.807, 2.05) is 81.4 Å². The fourth-order valence-corrected chi connectivity index (χ4v) is 4.71. The van der Waals surface area contributed by atoms with Gasteiger partial charge in [-0.25, -0.2) is 0 Å². The minimum atomic E-state index is -0.458. The summed E-state index contributed by atoms with van der Waals surface area (Å²) in [6, 6.07) is 29.5. The van der Waals surface area contributed by atoms with Crippen molar-refractivity contribution in [1.29, 1.82) is 0 Å². The Kier molecular flexibility index (Phi) is 9.54. The smallest absolute Gasteiger partial charge is 0.272 e. The van der Waals surface area contributed by atoms with Crippen LogP contribution in [0.3, 0.4) is 0 Å². The lowest BCUT2D eigenvalue weighted by molar-refractivity contribution is -0.114. The summed E-state index contributed by atoms with van der Waals surface area (Å²) in [7, 11) is 0. The van der Waals surface area contributed by atoms with Crippen LogP contribution in [0.2, 0.25) is 0 Å². The fraction of sp³-hybridized carbons (Fsp3) is 0.121. The maximum Gasteiger partial charge on any atom is 0.272 e. The second-order valence-corrected chi connectivity index (χ2v) is 10.4. The van der Waals surface area contributed by atoms with Crippen LogP contribution in [0.4, 0.5) is 11.4 Å². The number of carbonyl (C=O) groups is 3. The summed E-state index contributed by atoms with van der Waals surface area (Å²) >= 11 is 1.37. The number of aryl methyl sites for hydroxylation is 2. The number of benzene rings is 4. The van der Waals surface area contributed by atoms with E-state index in [1.54, 1.807) is 42.5 Å². The Bertz CT molecular complexity index is 1560. The summed E-state index contributed by atoms with van der Waals surface area (Å²) in [4.78, 5) is 39.6. The lowest BCUT2D eigenvalue weighted by Gasteiger charge is -2.13. The van der Waals surface area contributed by atoms with Gasteiger partial charge in [0.15, 0.2) is 0 Å². The highest BCUT2D eigenvalue weighted by molar-refractivity contribution is 8.00. The van der Waals surface area contributed by atoms with Gasteiger partial charge in [0, 0.05) is 21.8 Å². The summed E-state index contributed by atoms with van der Waals surface area (Å²) < 4.78 is 0. The largest absolute Gasteiger partial charge is 0.325 e. The van der Waals surface area contributed by atoms with Crippen molar-refractivity contribution >= 4 is 46.9 Å². The van der Waals surface area contributed by atoms with Gasteiger partial charge in [-0.15, -0.1) is 11.8 Å². The third-order valence-electron chi connectivity index (χ3n) is 6.22. The first-order valence-electron chi connectivity index (χ1n) is 12.8. The van der Waals surface area contributed by atoms with Gasteiger partial charge in [-0.1, -0.05) is 66.2 Å². The predicted octanol–water partition coefficient (Wildman–Crippen LogP) is 6.75. The van der Waals surface area contributed by atoms with E-state index in [0.717, 1.165) is 32.8 Å². The van der Waals surface area contributed by atoms with E-state index in [9.17, 15) is 14.4 Å². The first kappa shape index (κ1) is 28.4. The molecule has 40 heavy (non-hydrogen) atoms. The van der Waals surface area contributed by atoms with Gasteiger partial charge >= 0.3 is 0 Å². The first-order chi connectivity index (χ1) is 19.3. The maximum absolute atomic E-state index is 13.3. The number of thioether (sulfide) groups is 1. The van der Waals surface area contributed by atoms with E-state index in [-0.39, 0.29) is 23.3 Å². The third kappa shape index (κ3) is 7.94. The molecule has 0 aromatic heterocycles. The van der Waals surface area contributed by atoms with Crippen LogP contribution in [0.25, 0.3) is 6.08 Å². The second kappa shape index (κ2) is 13.4. The quantitative estimate of drug-likeness (QED) is 0.159. The molecule has 4 aromatic carbocycles. The van der Waals surface area contributed by atoms with Crippen molar-refractivity contribution in [3.05, 3.63) is 131 Å². The van der Waals surface area contributed by atoms with E-state index in [1.165, 1.54) is 11.8 Å². The Morgan fingerprint density at radius 1 is 0.775 bits per heavy atom. The molecule has 0 aliphatic carbocycles. The van der Waals surface area contributed by atoms with Crippen LogP contribution >= 0.6 is 11.8 Å². The number of amides is 3. The number of rotatable bonds is 9. The summed E-state index contributed by atoms with van der Waals surface area (Å²) in [5.41, 5.74) is 5.90. The zero-order valence-electron chi connectivity index (χ0n) is 22.7. The highest BCUT2D eigenvalue weighted by Gasteiger charge is 2.16. The molecule has 0 saturated carbocycles. The van der Waals surface area contributed by atoms with Gasteiger partial charge in [0.2, 0.25) is 5.91 Å². The number of hydrogen-bond donors (Lipinski definition) is 3. The molecule has 6 nitrogen and oxygen atoms in total. The van der Waals surface area contributed by atoms with Crippen molar-refractivity contribution in [3.8, 4) is 0 Å². The Labute approximate surface area is 238 Å². The molecule has 0 heterocycles. The van der Waals surface area contributed by atoms with Gasteiger partial charge in [-0.2, -0.15) is 0 Å². The molecule has 4 rings (SSSR count). The number of anilines is 2. The molecule has 3 amide bonds. The van der Waals surface area contributed by atoms with Crippen molar-refractivity contribution in [2.45, 2.75) is 25.7 Å². The Hall–Kier alpha value is -4.62. The molecule has 4 aromatic rings. The Morgan fingerprint density at radius 3 is 2.30 bits per heavy atom. The SMILES string of the molecule is Cc1cccc(/C=C(/NC(=O)c2ccccc2)C(=O)Nc2cccc(SCC(=O)Nc3cccc(C)c3C)c2)c1. The third-order valence-corrected chi connectivity index (χ3v) is 7.22. The molecule has 0 spiro atoms. The number of hydrogen-bond acceptors (Lipinski definition) is 4. The van der Waals surface area contributed by atoms with Crippen LogP contribution in [0.15, 0.2) is 108 Å². The second-order valence-electron chi connectivity index (χ2n) is 9.36. The molecular formula is C33H31N3O3S. The van der Waals surface area contributed by atoms with Crippen molar-refractivity contribution in [2.24, 2.45) is 0 Å². The topological polar surface area (TPSA) is 87.3 Å². The molecule has 0 radical (unpaired) electrons. The summed E-state index contributed by atoms with van der Waals surface area (Å²) in [6.07, 6.45) is 1.65. The van der Waals surface area contributed by atoms with Crippen molar-refractivity contribution in [2.75, 3.05) is 16.4 Å². The van der Waals surface area contributed by atoms with Crippen LogP contribution in [0, 0.1) is 20.8 Å². The predicted molar refractivity (Wildman–Crippen MR) is 163 cm³/mol. The molecule has 7 heteroatoms. The standard InChI is InChI=1S/C33H31N3O3S/c1-22-10-7-12-25(18-22)19-30(36-32(38)26-13-5-4-6-14-26)33(39)34-27-15-9-16-28(20-27)40-21-31(37)35-29-17-8-11-23(2)24(29)3/h4-20H,21H2,1-3H3,(H,34,39)(H,35,37)(H,36,38)/b30-19+. The fourth-order valence-electron chi connectivity index (χ4n) is 3.95. The molecule has 0 bridgehead atoms. The Morgan fingerprint density at radius 2 is 1.52 bits per heavy atom. The molecule has 0 saturated heterocycles. The minimum Gasteiger partial charge on any atom is -0.325 e. The van der Waals surface area contributed by atoms with Crippen LogP contribution in [-0.4, -0.2) is 23.5 Å². The van der Waals surface area contributed by atoms with Crippen molar-refractivity contribution in [1.82, 2.24) is 5.32 Å². The monoisotopic (exact) mass is 549 g/mol. The highest BCUT2D eigenvalue weighted by atomic mass is 32.2. The molecule has 0 fully saturated rings. The van der Waals surface area contributed by atoms with Crippen LogP contribution in [-0.2, 0) is 9.59 Å².